The number of rotatable bonds is 8. The molecule has 112 valence electrons. The zero-order valence-corrected chi connectivity index (χ0v) is 13.8. The summed E-state index contributed by atoms with van der Waals surface area (Å²) in [6.07, 6.45) is 4.02. The molecule has 0 bridgehead atoms. The number of hydrogen-bond donors (Lipinski definition) is 2. The Labute approximate surface area is 130 Å². The second kappa shape index (κ2) is 7.82. The van der Waals surface area contributed by atoms with Gasteiger partial charge >= 0.3 is 0 Å². The van der Waals surface area contributed by atoms with Crippen molar-refractivity contribution in [3.8, 4) is 0 Å². The van der Waals surface area contributed by atoms with Crippen LogP contribution >= 0.6 is 31.2 Å². The van der Waals surface area contributed by atoms with Crippen LogP contribution in [0, 0.1) is 5.92 Å². The van der Waals surface area contributed by atoms with E-state index >= 15 is 0 Å². The first kappa shape index (κ1) is 16.3. The van der Waals surface area contributed by atoms with Crippen LogP contribution in [-0.4, -0.2) is 17.1 Å². The average Bonchev–Trinajstić information content (AvgIpc) is 3.21. The fourth-order valence-electron chi connectivity index (χ4n) is 2.39. The van der Waals surface area contributed by atoms with Crippen LogP contribution in [0.5, 0.6) is 0 Å². The largest absolute Gasteiger partial charge is 0.346 e. The summed E-state index contributed by atoms with van der Waals surface area (Å²) in [4.78, 5) is 9.31. The van der Waals surface area contributed by atoms with Crippen molar-refractivity contribution in [1.29, 1.82) is 0 Å². The standard InChI is InChI=1S/C14H20Cl2NO2P/c15-12-6-3-10(8-13(12)16)9-17-7-1-2-14(20(18)19)11-4-5-11/h3,6,8,11,14,17,20H,1-2,4-5,7,9H2,(H,18,19). The molecule has 6 heteroatoms. The van der Waals surface area contributed by atoms with E-state index in [2.05, 4.69) is 5.32 Å². The molecule has 2 atom stereocenters. The van der Waals surface area contributed by atoms with Gasteiger partial charge < -0.3 is 10.2 Å². The van der Waals surface area contributed by atoms with Gasteiger partial charge in [-0.1, -0.05) is 29.3 Å². The predicted octanol–water partition coefficient (Wildman–Crippen LogP) is 4.11. The molecule has 3 nitrogen and oxygen atoms in total. The average molecular weight is 336 g/mol. The van der Waals surface area contributed by atoms with Gasteiger partial charge in [-0.05, 0) is 55.8 Å². The van der Waals surface area contributed by atoms with Crippen LogP contribution in [0.25, 0.3) is 0 Å². The molecule has 20 heavy (non-hydrogen) atoms. The maximum atomic E-state index is 11.3. The molecule has 1 aromatic carbocycles. The number of halogens is 2. The van der Waals surface area contributed by atoms with Crippen molar-refractivity contribution in [2.45, 2.75) is 37.9 Å². The van der Waals surface area contributed by atoms with E-state index in [0.717, 1.165) is 44.3 Å². The fourth-order valence-corrected chi connectivity index (χ4v) is 3.90. The van der Waals surface area contributed by atoms with Crippen molar-refractivity contribution in [3.05, 3.63) is 33.8 Å². The van der Waals surface area contributed by atoms with Crippen molar-refractivity contribution in [2.24, 2.45) is 5.92 Å². The molecule has 0 saturated heterocycles. The van der Waals surface area contributed by atoms with Crippen molar-refractivity contribution in [3.63, 3.8) is 0 Å². The molecule has 0 amide bonds. The van der Waals surface area contributed by atoms with E-state index in [1.165, 1.54) is 0 Å². The Morgan fingerprint density at radius 3 is 2.70 bits per heavy atom. The molecule has 0 heterocycles. The van der Waals surface area contributed by atoms with Gasteiger partial charge in [0.25, 0.3) is 0 Å². The monoisotopic (exact) mass is 335 g/mol. The molecule has 1 aliphatic rings. The zero-order valence-electron chi connectivity index (χ0n) is 11.2. The first-order valence-electron chi connectivity index (χ1n) is 6.95. The summed E-state index contributed by atoms with van der Waals surface area (Å²) in [5, 5.41) is 4.46. The lowest BCUT2D eigenvalue weighted by molar-refractivity contribution is 0.467. The van der Waals surface area contributed by atoms with Gasteiger partial charge in [-0.15, -0.1) is 0 Å². The summed E-state index contributed by atoms with van der Waals surface area (Å²) >= 11 is 11.8. The van der Waals surface area contributed by atoms with Crippen molar-refractivity contribution >= 4 is 31.2 Å². The maximum absolute atomic E-state index is 11.3. The van der Waals surface area contributed by atoms with Crippen molar-refractivity contribution < 1.29 is 9.46 Å². The first-order valence-corrected chi connectivity index (χ1v) is 9.14. The fraction of sp³-hybridized carbons (Fsp3) is 0.571. The normalized spacial score (nSPS) is 17.9. The molecule has 2 N–H and O–H groups in total. The lowest BCUT2D eigenvalue weighted by Gasteiger charge is -2.12. The highest BCUT2D eigenvalue weighted by Crippen LogP contribution is 2.45. The van der Waals surface area contributed by atoms with E-state index in [9.17, 15) is 9.46 Å². The summed E-state index contributed by atoms with van der Waals surface area (Å²) < 4.78 is 11.3. The number of benzene rings is 1. The number of nitrogens with one attached hydrogen (secondary N) is 1. The molecule has 2 rings (SSSR count). The van der Waals surface area contributed by atoms with Gasteiger partial charge in [0.15, 0.2) is 8.03 Å². The minimum atomic E-state index is -2.37. The van der Waals surface area contributed by atoms with Gasteiger partial charge in [0, 0.05) is 12.2 Å². The van der Waals surface area contributed by atoms with Crippen molar-refractivity contribution in [2.75, 3.05) is 6.54 Å². The van der Waals surface area contributed by atoms with Gasteiger partial charge in [0.2, 0.25) is 0 Å². The second-order valence-corrected chi connectivity index (χ2v) is 7.58. The molecule has 0 spiro atoms. The highest BCUT2D eigenvalue weighted by Gasteiger charge is 2.33. The Morgan fingerprint density at radius 2 is 2.10 bits per heavy atom. The molecular formula is C14H20Cl2NO2P. The Balaban J connectivity index is 1.65. The molecule has 0 aliphatic heterocycles. The lowest BCUT2D eigenvalue weighted by atomic mass is 10.1. The minimum Gasteiger partial charge on any atom is -0.346 e. The van der Waals surface area contributed by atoms with Gasteiger partial charge in [0.05, 0.1) is 10.0 Å². The van der Waals surface area contributed by atoms with Crippen LogP contribution in [0.4, 0.5) is 0 Å². The summed E-state index contributed by atoms with van der Waals surface area (Å²) in [6.45, 7) is 1.58. The summed E-state index contributed by atoms with van der Waals surface area (Å²) in [5.74, 6) is 0.501. The quantitative estimate of drug-likeness (QED) is 0.555. The van der Waals surface area contributed by atoms with Crippen LogP contribution in [0.15, 0.2) is 18.2 Å². The molecule has 1 fully saturated rings. The third-order valence-corrected chi connectivity index (χ3v) is 5.82. The molecule has 1 aliphatic carbocycles. The molecule has 2 unspecified atom stereocenters. The molecule has 1 aromatic rings. The van der Waals surface area contributed by atoms with Crippen LogP contribution in [0.1, 0.15) is 31.2 Å². The van der Waals surface area contributed by atoms with Crippen molar-refractivity contribution in [1.82, 2.24) is 5.32 Å². The lowest BCUT2D eigenvalue weighted by Crippen LogP contribution is -2.17. The summed E-state index contributed by atoms with van der Waals surface area (Å²) in [7, 11) is -2.37. The molecular weight excluding hydrogens is 316 g/mol. The summed E-state index contributed by atoms with van der Waals surface area (Å²) in [6, 6.07) is 5.60. The highest BCUT2D eigenvalue weighted by atomic mass is 35.5. The van der Waals surface area contributed by atoms with E-state index < -0.39 is 8.03 Å². The first-order chi connectivity index (χ1) is 9.58. The van der Waals surface area contributed by atoms with Gasteiger partial charge in [-0.3, -0.25) is 4.57 Å². The van der Waals surface area contributed by atoms with E-state index in [4.69, 9.17) is 23.2 Å². The topological polar surface area (TPSA) is 49.3 Å². The molecule has 0 aromatic heterocycles. The van der Waals surface area contributed by atoms with Crippen LogP contribution < -0.4 is 5.32 Å². The van der Waals surface area contributed by atoms with E-state index in [-0.39, 0.29) is 5.66 Å². The van der Waals surface area contributed by atoms with Gasteiger partial charge in [-0.2, -0.15) is 0 Å². The Bertz CT molecular complexity index is 480. The molecule has 1 saturated carbocycles. The number of hydrogen-bond acceptors (Lipinski definition) is 2. The van der Waals surface area contributed by atoms with E-state index in [1.54, 1.807) is 6.07 Å². The highest BCUT2D eigenvalue weighted by molar-refractivity contribution is 7.38. The Kier molecular flexibility index (Phi) is 6.38. The zero-order chi connectivity index (χ0) is 14.5. The van der Waals surface area contributed by atoms with Gasteiger partial charge in [-0.25, -0.2) is 0 Å². The third kappa shape index (κ3) is 5.05. The molecule has 0 radical (unpaired) electrons. The van der Waals surface area contributed by atoms with E-state index in [0.29, 0.717) is 16.0 Å². The Hall–Kier alpha value is -0.0500. The second-order valence-electron chi connectivity index (χ2n) is 5.35. The smallest absolute Gasteiger partial charge is 0.192 e. The van der Waals surface area contributed by atoms with Crippen LogP contribution in [0.2, 0.25) is 10.0 Å². The maximum Gasteiger partial charge on any atom is 0.192 e. The third-order valence-electron chi connectivity index (χ3n) is 3.69. The van der Waals surface area contributed by atoms with Crippen LogP contribution in [0.3, 0.4) is 0 Å². The minimum absolute atomic E-state index is 0.0341. The predicted molar refractivity (Wildman–Crippen MR) is 85.1 cm³/mol. The van der Waals surface area contributed by atoms with Gasteiger partial charge in [0.1, 0.15) is 0 Å². The van der Waals surface area contributed by atoms with E-state index in [1.807, 2.05) is 12.1 Å². The SMILES string of the molecule is O=[PH](O)C(CCCNCc1ccc(Cl)c(Cl)c1)C1CC1. The Morgan fingerprint density at radius 1 is 1.35 bits per heavy atom. The summed E-state index contributed by atoms with van der Waals surface area (Å²) in [5.41, 5.74) is 1.13. The van der Waals surface area contributed by atoms with Crippen LogP contribution in [-0.2, 0) is 11.1 Å².